The Hall–Kier alpha value is -2.27. The first-order valence-electron chi connectivity index (χ1n) is 6.52. The Morgan fingerprint density at radius 2 is 2.10 bits per heavy atom. The molecule has 5 heteroatoms. The summed E-state index contributed by atoms with van der Waals surface area (Å²) in [5.74, 6) is 0.251. The maximum absolute atomic E-state index is 9.50. The standard InChI is InChI=1S/C16H14BrN3O/c17-15-8-12(4-5-16(15)21)10-19-13-2-1-3-14(9-13)20-7-6-18-11-20/h1-9,11,19,21H,10H2. The number of aromatic nitrogens is 2. The highest BCUT2D eigenvalue weighted by atomic mass is 79.9. The van der Waals surface area contributed by atoms with Crippen LogP contribution < -0.4 is 5.32 Å². The number of rotatable bonds is 4. The topological polar surface area (TPSA) is 50.1 Å². The predicted octanol–water partition coefficient (Wildman–Crippen LogP) is 3.95. The van der Waals surface area contributed by atoms with Crippen molar-refractivity contribution in [3.8, 4) is 11.4 Å². The Bertz CT molecular complexity index is 741. The average molecular weight is 344 g/mol. The number of nitrogens with zero attached hydrogens (tertiary/aromatic N) is 2. The molecule has 0 aliphatic carbocycles. The molecule has 21 heavy (non-hydrogen) atoms. The summed E-state index contributed by atoms with van der Waals surface area (Å²) in [5.41, 5.74) is 3.18. The van der Waals surface area contributed by atoms with Gasteiger partial charge in [-0.25, -0.2) is 4.98 Å². The summed E-state index contributed by atoms with van der Waals surface area (Å²) < 4.78 is 2.66. The van der Waals surface area contributed by atoms with Crippen molar-refractivity contribution in [2.75, 3.05) is 5.32 Å². The molecule has 3 aromatic rings. The van der Waals surface area contributed by atoms with Gasteiger partial charge in [-0.15, -0.1) is 0 Å². The lowest BCUT2D eigenvalue weighted by molar-refractivity contribution is 0.471. The SMILES string of the molecule is Oc1ccc(CNc2cccc(-n3ccnc3)c2)cc1Br. The van der Waals surface area contributed by atoms with Gasteiger partial charge in [0.15, 0.2) is 0 Å². The third kappa shape index (κ3) is 3.25. The number of hydrogen-bond acceptors (Lipinski definition) is 3. The van der Waals surface area contributed by atoms with E-state index in [0.717, 1.165) is 16.9 Å². The molecule has 1 heterocycles. The molecule has 0 atom stereocenters. The second-order valence-corrected chi connectivity index (χ2v) is 5.51. The fraction of sp³-hybridized carbons (Fsp3) is 0.0625. The molecule has 0 aliphatic rings. The molecule has 3 rings (SSSR count). The third-order valence-electron chi connectivity index (χ3n) is 3.16. The van der Waals surface area contributed by atoms with Crippen molar-refractivity contribution in [2.24, 2.45) is 0 Å². The summed E-state index contributed by atoms with van der Waals surface area (Å²) >= 11 is 3.32. The number of anilines is 1. The van der Waals surface area contributed by atoms with E-state index in [1.165, 1.54) is 0 Å². The predicted molar refractivity (Wildman–Crippen MR) is 86.7 cm³/mol. The largest absolute Gasteiger partial charge is 0.507 e. The Morgan fingerprint density at radius 1 is 1.19 bits per heavy atom. The smallest absolute Gasteiger partial charge is 0.129 e. The molecule has 0 spiro atoms. The highest BCUT2D eigenvalue weighted by molar-refractivity contribution is 9.10. The van der Waals surface area contributed by atoms with E-state index in [2.05, 4.69) is 32.3 Å². The number of phenolic OH excluding ortho intramolecular Hbond substituents is 1. The van der Waals surface area contributed by atoms with Crippen LogP contribution in [-0.4, -0.2) is 14.7 Å². The van der Waals surface area contributed by atoms with Gasteiger partial charge in [-0.2, -0.15) is 0 Å². The van der Waals surface area contributed by atoms with Crippen LogP contribution >= 0.6 is 15.9 Å². The van der Waals surface area contributed by atoms with Gasteiger partial charge in [0.05, 0.1) is 10.8 Å². The molecule has 0 aliphatic heterocycles. The maximum Gasteiger partial charge on any atom is 0.129 e. The summed E-state index contributed by atoms with van der Waals surface area (Å²) in [6, 6.07) is 13.6. The second-order valence-electron chi connectivity index (χ2n) is 4.66. The summed E-state index contributed by atoms with van der Waals surface area (Å²) in [7, 11) is 0. The zero-order chi connectivity index (χ0) is 14.7. The number of benzene rings is 2. The monoisotopic (exact) mass is 343 g/mol. The van der Waals surface area contributed by atoms with Crippen molar-refractivity contribution in [3.63, 3.8) is 0 Å². The Labute approximate surface area is 131 Å². The van der Waals surface area contributed by atoms with Crippen molar-refractivity contribution in [2.45, 2.75) is 6.54 Å². The van der Waals surface area contributed by atoms with E-state index in [1.54, 1.807) is 18.6 Å². The second kappa shape index (κ2) is 6.01. The molecule has 4 nitrogen and oxygen atoms in total. The van der Waals surface area contributed by atoms with Crippen LogP contribution in [-0.2, 0) is 6.54 Å². The van der Waals surface area contributed by atoms with Gasteiger partial charge in [0, 0.05) is 30.3 Å². The first-order chi connectivity index (χ1) is 10.2. The van der Waals surface area contributed by atoms with Gasteiger partial charge in [0.1, 0.15) is 5.75 Å². The van der Waals surface area contributed by atoms with Gasteiger partial charge >= 0.3 is 0 Å². The van der Waals surface area contributed by atoms with E-state index in [9.17, 15) is 5.11 Å². The number of phenols is 1. The van der Waals surface area contributed by atoms with Crippen LogP contribution in [0.1, 0.15) is 5.56 Å². The first kappa shape index (κ1) is 13.7. The number of nitrogens with one attached hydrogen (secondary N) is 1. The number of hydrogen-bond donors (Lipinski definition) is 2. The molecule has 0 saturated carbocycles. The van der Waals surface area contributed by atoms with Crippen LogP contribution in [0.25, 0.3) is 5.69 Å². The molecule has 1 aromatic heterocycles. The fourth-order valence-electron chi connectivity index (χ4n) is 2.05. The van der Waals surface area contributed by atoms with Crippen molar-refractivity contribution in [1.29, 1.82) is 0 Å². The quantitative estimate of drug-likeness (QED) is 0.753. The molecular weight excluding hydrogens is 330 g/mol. The fourth-order valence-corrected chi connectivity index (χ4v) is 2.48. The molecule has 0 amide bonds. The van der Waals surface area contributed by atoms with Gasteiger partial charge in [-0.1, -0.05) is 12.1 Å². The van der Waals surface area contributed by atoms with Crippen LogP contribution in [0.2, 0.25) is 0 Å². The average Bonchev–Trinajstić information content (AvgIpc) is 3.03. The summed E-state index contributed by atoms with van der Waals surface area (Å²) in [6.45, 7) is 0.687. The highest BCUT2D eigenvalue weighted by Crippen LogP contribution is 2.24. The van der Waals surface area contributed by atoms with E-state index in [4.69, 9.17) is 0 Å². The van der Waals surface area contributed by atoms with E-state index in [-0.39, 0.29) is 5.75 Å². The van der Waals surface area contributed by atoms with Crippen molar-refractivity contribution in [3.05, 3.63) is 71.2 Å². The van der Waals surface area contributed by atoms with E-state index in [1.807, 2.05) is 41.1 Å². The van der Waals surface area contributed by atoms with Crippen molar-refractivity contribution < 1.29 is 5.11 Å². The van der Waals surface area contributed by atoms with E-state index >= 15 is 0 Å². The van der Waals surface area contributed by atoms with E-state index < -0.39 is 0 Å². The molecule has 0 fully saturated rings. The Morgan fingerprint density at radius 3 is 2.86 bits per heavy atom. The summed E-state index contributed by atoms with van der Waals surface area (Å²) in [6.07, 6.45) is 5.44. The van der Waals surface area contributed by atoms with Gasteiger partial charge in [-0.3, -0.25) is 0 Å². The lowest BCUT2D eigenvalue weighted by Gasteiger charge is -2.09. The van der Waals surface area contributed by atoms with Crippen LogP contribution in [0.5, 0.6) is 5.75 Å². The van der Waals surface area contributed by atoms with Gasteiger partial charge in [-0.05, 0) is 51.8 Å². The maximum atomic E-state index is 9.50. The lowest BCUT2D eigenvalue weighted by atomic mass is 10.2. The van der Waals surface area contributed by atoms with Crippen LogP contribution in [0.15, 0.2) is 65.7 Å². The molecule has 2 aromatic carbocycles. The Balaban J connectivity index is 1.73. The normalized spacial score (nSPS) is 10.5. The number of halogens is 1. The molecule has 0 radical (unpaired) electrons. The molecule has 2 N–H and O–H groups in total. The summed E-state index contributed by atoms with van der Waals surface area (Å²) in [4.78, 5) is 4.05. The number of imidazole rings is 1. The Kier molecular flexibility index (Phi) is 3.92. The zero-order valence-corrected chi connectivity index (χ0v) is 12.8. The van der Waals surface area contributed by atoms with Crippen LogP contribution in [0.3, 0.4) is 0 Å². The van der Waals surface area contributed by atoms with Gasteiger partial charge < -0.3 is 15.0 Å². The minimum Gasteiger partial charge on any atom is -0.507 e. The first-order valence-corrected chi connectivity index (χ1v) is 7.31. The molecule has 0 unspecified atom stereocenters. The molecular formula is C16H14BrN3O. The van der Waals surface area contributed by atoms with E-state index in [0.29, 0.717) is 11.0 Å². The van der Waals surface area contributed by atoms with Crippen LogP contribution in [0, 0.1) is 0 Å². The minimum absolute atomic E-state index is 0.251. The zero-order valence-electron chi connectivity index (χ0n) is 11.2. The third-order valence-corrected chi connectivity index (χ3v) is 3.79. The van der Waals surface area contributed by atoms with Crippen molar-refractivity contribution >= 4 is 21.6 Å². The van der Waals surface area contributed by atoms with Crippen molar-refractivity contribution in [1.82, 2.24) is 9.55 Å². The van der Waals surface area contributed by atoms with Crippen LogP contribution in [0.4, 0.5) is 5.69 Å². The minimum atomic E-state index is 0.251. The lowest BCUT2D eigenvalue weighted by Crippen LogP contribution is -2.00. The molecule has 0 bridgehead atoms. The molecule has 0 saturated heterocycles. The number of aromatic hydroxyl groups is 1. The summed E-state index contributed by atoms with van der Waals surface area (Å²) in [5, 5.41) is 12.9. The van der Waals surface area contributed by atoms with Gasteiger partial charge in [0.25, 0.3) is 0 Å². The molecule has 106 valence electrons. The highest BCUT2D eigenvalue weighted by Gasteiger charge is 2.01. The van der Waals surface area contributed by atoms with Gasteiger partial charge in [0.2, 0.25) is 0 Å².